The number of aromatic nitrogens is 2. The third kappa shape index (κ3) is 2.87. The van der Waals surface area contributed by atoms with Crippen molar-refractivity contribution in [2.45, 2.75) is 6.54 Å². The summed E-state index contributed by atoms with van der Waals surface area (Å²) in [7, 11) is 6.57. The number of methoxy groups -OCH3 is 4. The molecule has 2 aromatic heterocycles. The first-order valence-electron chi connectivity index (χ1n) is 8.89. The average Bonchev–Trinajstić information content (AvgIpc) is 3.04. The Hall–Kier alpha value is -3.41. The molecule has 0 atom stereocenters. The fraction of sp³-hybridized carbons (Fsp3) is 0.227. The van der Waals surface area contributed by atoms with E-state index in [0.29, 0.717) is 29.5 Å². The van der Waals surface area contributed by atoms with Crippen LogP contribution in [-0.4, -0.2) is 38.0 Å². The summed E-state index contributed by atoms with van der Waals surface area (Å²) < 4.78 is 24.3. The predicted molar refractivity (Wildman–Crippen MR) is 109 cm³/mol. The third-order valence-corrected chi connectivity index (χ3v) is 4.94. The molecule has 0 bridgehead atoms. The van der Waals surface area contributed by atoms with Crippen LogP contribution in [0.2, 0.25) is 0 Å². The molecule has 0 saturated carbocycles. The van der Waals surface area contributed by atoms with Crippen molar-refractivity contribution in [3.05, 3.63) is 54.4 Å². The second kappa shape index (κ2) is 7.31. The molecule has 0 unspecified atom stereocenters. The van der Waals surface area contributed by atoms with Crippen LogP contribution in [0.3, 0.4) is 0 Å². The Bertz CT molecular complexity index is 1070. The monoisotopic (exact) mass is 378 g/mol. The van der Waals surface area contributed by atoms with E-state index >= 15 is 0 Å². The SMILES string of the molecule is COc1cc2c3cc(OC)c(OC)cc3n(Cc3cccnc3)c2cc1OC. The van der Waals surface area contributed by atoms with E-state index in [1.807, 2.05) is 36.5 Å². The normalized spacial score (nSPS) is 11.0. The van der Waals surface area contributed by atoms with Crippen LogP contribution in [-0.2, 0) is 6.54 Å². The Morgan fingerprint density at radius 2 is 1.25 bits per heavy atom. The van der Waals surface area contributed by atoms with Gasteiger partial charge in [0.1, 0.15) is 0 Å². The van der Waals surface area contributed by atoms with Gasteiger partial charge in [0.05, 0.1) is 39.5 Å². The minimum atomic E-state index is 0.665. The van der Waals surface area contributed by atoms with Gasteiger partial charge in [-0.15, -0.1) is 0 Å². The molecule has 0 aliphatic carbocycles. The third-order valence-electron chi connectivity index (χ3n) is 4.94. The molecule has 0 N–H and O–H groups in total. The van der Waals surface area contributed by atoms with Gasteiger partial charge in [-0.3, -0.25) is 4.98 Å². The van der Waals surface area contributed by atoms with Crippen molar-refractivity contribution in [3.63, 3.8) is 0 Å². The van der Waals surface area contributed by atoms with Gasteiger partial charge in [-0.05, 0) is 23.8 Å². The highest BCUT2D eigenvalue weighted by Crippen LogP contribution is 2.41. The summed E-state index contributed by atoms with van der Waals surface area (Å²) in [5.41, 5.74) is 3.17. The van der Waals surface area contributed by atoms with Crippen LogP contribution < -0.4 is 18.9 Å². The first kappa shape index (κ1) is 18.0. The number of rotatable bonds is 6. The fourth-order valence-electron chi connectivity index (χ4n) is 3.59. The quantitative estimate of drug-likeness (QED) is 0.501. The standard InChI is InChI=1S/C22H22N2O4/c1-25-19-8-15-16-9-20(26-2)22(28-4)11-18(16)24(17(15)10-21(19)27-3)13-14-6-5-7-23-12-14/h5-12H,13H2,1-4H3. The number of ether oxygens (including phenoxy) is 4. The summed E-state index contributed by atoms with van der Waals surface area (Å²) in [6.45, 7) is 0.665. The number of hydrogen-bond acceptors (Lipinski definition) is 5. The first-order chi connectivity index (χ1) is 13.7. The molecule has 2 heterocycles. The summed E-state index contributed by atoms with van der Waals surface area (Å²) in [5.74, 6) is 2.74. The van der Waals surface area contributed by atoms with Gasteiger partial charge in [0.2, 0.25) is 0 Å². The summed E-state index contributed by atoms with van der Waals surface area (Å²) in [6, 6.07) is 12.0. The van der Waals surface area contributed by atoms with Crippen LogP contribution >= 0.6 is 0 Å². The molecule has 0 fully saturated rings. The molecule has 6 heteroatoms. The van der Waals surface area contributed by atoms with Crippen LogP contribution in [0.25, 0.3) is 21.8 Å². The Morgan fingerprint density at radius 1 is 0.750 bits per heavy atom. The number of hydrogen-bond donors (Lipinski definition) is 0. The minimum absolute atomic E-state index is 0.665. The zero-order valence-electron chi connectivity index (χ0n) is 16.4. The topological polar surface area (TPSA) is 54.7 Å². The van der Waals surface area contributed by atoms with Gasteiger partial charge in [0.15, 0.2) is 23.0 Å². The van der Waals surface area contributed by atoms with Gasteiger partial charge in [0, 0.05) is 41.8 Å². The maximum atomic E-state index is 5.54. The van der Waals surface area contributed by atoms with E-state index in [-0.39, 0.29) is 0 Å². The maximum absolute atomic E-state index is 5.54. The summed E-state index contributed by atoms with van der Waals surface area (Å²) in [5, 5.41) is 2.11. The largest absolute Gasteiger partial charge is 0.493 e. The fourth-order valence-corrected chi connectivity index (χ4v) is 3.59. The maximum Gasteiger partial charge on any atom is 0.162 e. The lowest BCUT2D eigenvalue weighted by Crippen LogP contribution is -2.01. The molecule has 4 rings (SSSR count). The lowest BCUT2D eigenvalue weighted by molar-refractivity contribution is 0.355. The Kier molecular flexibility index (Phi) is 4.69. The van der Waals surface area contributed by atoms with E-state index in [4.69, 9.17) is 18.9 Å². The molecule has 0 saturated heterocycles. The van der Waals surface area contributed by atoms with Gasteiger partial charge < -0.3 is 23.5 Å². The molecule has 0 amide bonds. The van der Waals surface area contributed by atoms with Gasteiger partial charge >= 0.3 is 0 Å². The molecular formula is C22H22N2O4. The van der Waals surface area contributed by atoms with Crippen LogP contribution in [0.15, 0.2) is 48.8 Å². The average molecular weight is 378 g/mol. The predicted octanol–water partition coefficient (Wildman–Crippen LogP) is 4.27. The minimum Gasteiger partial charge on any atom is -0.493 e. The van der Waals surface area contributed by atoms with Gasteiger partial charge in [-0.1, -0.05) is 6.07 Å². The highest BCUT2D eigenvalue weighted by atomic mass is 16.5. The van der Waals surface area contributed by atoms with E-state index in [2.05, 4.69) is 15.6 Å². The van der Waals surface area contributed by atoms with E-state index in [1.165, 1.54) is 0 Å². The number of fused-ring (bicyclic) bond motifs is 3. The van der Waals surface area contributed by atoms with E-state index in [9.17, 15) is 0 Å². The molecule has 2 aromatic carbocycles. The van der Waals surface area contributed by atoms with Gasteiger partial charge in [-0.25, -0.2) is 0 Å². The molecule has 6 nitrogen and oxygen atoms in total. The van der Waals surface area contributed by atoms with Gasteiger partial charge in [-0.2, -0.15) is 0 Å². The molecule has 144 valence electrons. The summed E-state index contributed by atoms with van der Waals surface area (Å²) in [6.07, 6.45) is 3.65. The summed E-state index contributed by atoms with van der Waals surface area (Å²) >= 11 is 0. The molecule has 0 aliphatic rings. The van der Waals surface area contributed by atoms with Crippen molar-refractivity contribution >= 4 is 21.8 Å². The second-order valence-electron chi connectivity index (χ2n) is 6.40. The van der Waals surface area contributed by atoms with Crippen molar-refractivity contribution in [2.75, 3.05) is 28.4 Å². The number of nitrogens with zero attached hydrogens (tertiary/aromatic N) is 2. The summed E-state index contributed by atoms with van der Waals surface area (Å²) in [4.78, 5) is 4.24. The molecule has 4 aromatic rings. The molecule has 0 spiro atoms. The van der Waals surface area contributed by atoms with Crippen molar-refractivity contribution < 1.29 is 18.9 Å². The highest BCUT2D eigenvalue weighted by molar-refractivity contribution is 6.10. The van der Waals surface area contributed by atoms with Gasteiger partial charge in [0.25, 0.3) is 0 Å². The lowest BCUT2D eigenvalue weighted by Gasteiger charge is -2.11. The van der Waals surface area contributed by atoms with Crippen molar-refractivity contribution in [3.8, 4) is 23.0 Å². The Balaban J connectivity index is 2.07. The van der Waals surface area contributed by atoms with Crippen molar-refractivity contribution in [1.82, 2.24) is 9.55 Å². The van der Waals surface area contributed by atoms with Crippen LogP contribution in [0, 0.1) is 0 Å². The van der Waals surface area contributed by atoms with Crippen LogP contribution in [0.1, 0.15) is 5.56 Å². The lowest BCUT2D eigenvalue weighted by atomic mass is 10.1. The Labute approximate surface area is 163 Å². The van der Waals surface area contributed by atoms with Crippen LogP contribution in [0.4, 0.5) is 0 Å². The van der Waals surface area contributed by atoms with E-state index in [0.717, 1.165) is 27.4 Å². The Morgan fingerprint density at radius 3 is 1.68 bits per heavy atom. The molecule has 0 aliphatic heterocycles. The number of benzene rings is 2. The zero-order valence-corrected chi connectivity index (χ0v) is 16.4. The van der Waals surface area contributed by atoms with Crippen molar-refractivity contribution in [2.24, 2.45) is 0 Å². The second-order valence-corrected chi connectivity index (χ2v) is 6.40. The molecule has 28 heavy (non-hydrogen) atoms. The van der Waals surface area contributed by atoms with E-state index < -0.39 is 0 Å². The number of pyridine rings is 1. The van der Waals surface area contributed by atoms with E-state index in [1.54, 1.807) is 34.6 Å². The molecular weight excluding hydrogens is 356 g/mol. The van der Waals surface area contributed by atoms with Crippen molar-refractivity contribution in [1.29, 1.82) is 0 Å². The molecule has 0 radical (unpaired) electrons. The van der Waals surface area contributed by atoms with Crippen LogP contribution in [0.5, 0.6) is 23.0 Å². The smallest absolute Gasteiger partial charge is 0.162 e. The zero-order chi connectivity index (χ0) is 19.7. The first-order valence-corrected chi connectivity index (χ1v) is 8.89. The highest BCUT2D eigenvalue weighted by Gasteiger charge is 2.18.